The SMILES string of the molecule is C=CCOC(=O)[C@H]1[C@@H]2OC3(CC2Br)C(C(=O)N(CC=C)Cc2ccccc2)N(CCO)C(=O)[C@H]13. The summed E-state index contributed by atoms with van der Waals surface area (Å²) in [6, 6.07) is 8.57. The average molecular weight is 533 g/mol. The predicted octanol–water partition coefficient (Wildman–Crippen LogP) is 1.67. The highest BCUT2D eigenvalue weighted by Crippen LogP contribution is 2.60. The van der Waals surface area contributed by atoms with Gasteiger partial charge in [-0.25, -0.2) is 0 Å². The smallest absolute Gasteiger partial charge is 0.312 e. The van der Waals surface area contributed by atoms with Crippen molar-refractivity contribution < 1.29 is 29.0 Å². The lowest BCUT2D eigenvalue weighted by atomic mass is 9.70. The van der Waals surface area contributed by atoms with Crippen molar-refractivity contribution >= 4 is 33.7 Å². The molecule has 0 radical (unpaired) electrons. The van der Waals surface area contributed by atoms with Crippen LogP contribution in [-0.2, 0) is 30.4 Å². The first kappa shape index (κ1) is 24.6. The second kappa shape index (κ2) is 10.0. The Morgan fingerprint density at radius 3 is 2.68 bits per heavy atom. The fraction of sp³-hybridized carbons (Fsp3) is 0.480. The third-order valence-corrected chi connectivity index (χ3v) is 7.70. The molecule has 6 atom stereocenters. The minimum atomic E-state index is -1.18. The van der Waals surface area contributed by atoms with Gasteiger partial charge in [0.2, 0.25) is 11.8 Å². The van der Waals surface area contributed by atoms with Crippen LogP contribution in [0.3, 0.4) is 0 Å². The maximum absolute atomic E-state index is 14.0. The number of β-amino-alcohol motifs (C(OH)–C–C–N with tert-alkyl or cyclic N) is 1. The van der Waals surface area contributed by atoms with Gasteiger partial charge in [-0.1, -0.05) is 65.0 Å². The summed E-state index contributed by atoms with van der Waals surface area (Å²) in [5.74, 6) is -2.90. The van der Waals surface area contributed by atoms with Crippen molar-refractivity contribution in [2.24, 2.45) is 11.8 Å². The fourth-order valence-corrected chi connectivity index (χ4v) is 6.57. The van der Waals surface area contributed by atoms with Gasteiger partial charge in [0.15, 0.2) is 0 Å². The number of benzene rings is 1. The van der Waals surface area contributed by atoms with Crippen LogP contribution in [0.15, 0.2) is 55.6 Å². The van der Waals surface area contributed by atoms with Crippen molar-refractivity contribution in [2.75, 3.05) is 26.3 Å². The summed E-state index contributed by atoms with van der Waals surface area (Å²) >= 11 is 3.61. The Morgan fingerprint density at radius 1 is 1.29 bits per heavy atom. The molecule has 0 saturated carbocycles. The topological polar surface area (TPSA) is 96.4 Å². The van der Waals surface area contributed by atoms with E-state index in [9.17, 15) is 19.5 Å². The van der Waals surface area contributed by atoms with E-state index < -0.39 is 35.6 Å². The summed E-state index contributed by atoms with van der Waals surface area (Å²) in [7, 11) is 0. The van der Waals surface area contributed by atoms with Crippen LogP contribution in [0.4, 0.5) is 0 Å². The third kappa shape index (κ3) is 3.99. The number of amides is 2. The molecule has 0 aliphatic carbocycles. The van der Waals surface area contributed by atoms with Crippen molar-refractivity contribution in [2.45, 2.75) is 35.5 Å². The van der Waals surface area contributed by atoms with Crippen LogP contribution in [0.1, 0.15) is 12.0 Å². The molecule has 0 aromatic heterocycles. The van der Waals surface area contributed by atoms with E-state index >= 15 is 0 Å². The highest BCUT2D eigenvalue weighted by molar-refractivity contribution is 9.09. The van der Waals surface area contributed by atoms with Gasteiger partial charge >= 0.3 is 5.97 Å². The Kier molecular flexibility index (Phi) is 7.25. The number of fused-ring (bicyclic) bond motifs is 1. The summed E-state index contributed by atoms with van der Waals surface area (Å²) in [4.78, 5) is 43.4. The molecule has 2 amide bonds. The van der Waals surface area contributed by atoms with Gasteiger partial charge in [-0.05, 0) is 12.0 Å². The highest BCUT2D eigenvalue weighted by atomic mass is 79.9. The number of carbonyl (C=O) groups excluding carboxylic acids is 3. The van der Waals surface area contributed by atoms with Gasteiger partial charge in [-0.2, -0.15) is 0 Å². The molecule has 2 bridgehead atoms. The molecule has 3 saturated heterocycles. The summed E-state index contributed by atoms with van der Waals surface area (Å²) in [6.07, 6.45) is 2.91. The van der Waals surface area contributed by atoms with E-state index in [-0.39, 0.29) is 42.9 Å². The monoisotopic (exact) mass is 532 g/mol. The Labute approximate surface area is 207 Å². The first-order chi connectivity index (χ1) is 16.4. The van der Waals surface area contributed by atoms with Crippen LogP contribution in [0.25, 0.3) is 0 Å². The standard InChI is InChI=1S/C25H29BrN2O6/c1-3-10-27(15-16-8-6-5-7-9-16)23(31)21-25-14-17(26)20(34-25)18(24(32)33-13-4-2)19(25)22(30)28(21)11-12-29/h3-9,17-21,29H,1-2,10-15H2/t17?,18-,19+,20-,21?,25?/m1/s1. The molecule has 182 valence electrons. The summed E-state index contributed by atoms with van der Waals surface area (Å²) in [5, 5.41) is 9.71. The van der Waals surface area contributed by atoms with Crippen LogP contribution in [-0.4, -0.2) is 81.6 Å². The zero-order valence-corrected chi connectivity index (χ0v) is 20.4. The first-order valence-corrected chi connectivity index (χ1v) is 12.3. The molecule has 3 fully saturated rings. The molecule has 9 heteroatoms. The van der Waals surface area contributed by atoms with Gasteiger partial charge in [-0.3, -0.25) is 14.4 Å². The van der Waals surface area contributed by atoms with E-state index in [1.165, 1.54) is 11.0 Å². The number of alkyl halides is 1. The van der Waals surface area contributed by atoms with Crippen LogP contribution >= 0.6 is 15.9 Å². The van der Waals surface area contributed by atoms with Gasteiger partial charge in [0, 0.05) is 24.5 Å². The Hall–Kier alpha value is -2.49. The molecule has 4 rings (SSSR count). The van der Waals surface area contributed by atoms with E-state index in [0.717, 1.165) is 5.56 Å². The molecule has 1 spiro atoms. The molecular weight excluding hydrogens is 504 g/mol. The number of halogens is 1. The normalized spacial score (nSPS) is 31.3. The number of rotatable bonds is 10. The van der Waals surface area contributed by atoms with E-state index in [0.29, 0.717) is 13.0 Å². The molecule has 1 N–H and O–H groups in total. The second-order valence-corrected chi connectivity index (χ2v) is 10.0. The Morgan fingerprint density at radius 2 is 2.03 bits per heavy atom. The molecule has 1 aromatic rings. The van der Waals surface area contributed by atoms with Crippen LogP contribution in [0.5, 0.6) is 0 Å². The summed E-state index contributed by atoms with van der Waals surface area (Å²) in [6.45, 7) is 7.64. The molecule has 8 nitrogen and oxygen atoms in total. The molecular formula is C25H29BrN2O6. The Bertz CT molecular complexity index is 971. The van der Waals surface area contributed by atoms with Crippen LogP contribution < -0.4 is 0 Å². The Balaban J connectivity index is 1.71. The number of aliphatic hydroxyl groups excluding tert-OH is 1. The molecule has 3 heterocycles. The van der Waals surface area contributed by atoms with Gasteiger partial charge in [-0.15, -0.1) is 6.58 Å². The molecule has 1 aromatic carbocycles. The van der Waals surface area contributed by atoms with Crippen molar-refractivity contribution in [3.8, 4) is 0 Å². The van der Waals surface area contributed by atoms with Crippen LogP contribution in [0.2, 0.25) is 0 Å². The van der Waals surface area contributed by atoms with E-state index in [1.54, 1.807) is 11.0 Å². The fourth-order valence-electron chi connectivity index (χ4n) is 5.63. The van der Waals surface area contributed by atoms with Gasteiger partial charge < -0.3 is 24.4 Å². The molecule has 3 unspecified atom stereocenters. The van der Waals surface area contributed by atoms with Crippen molar-refractivity contribution in [3.05, 3.63) is 61.2 Å². The van der Waals surface area contributed by atoms with E-state index in [1.807, 2.05) is 30.3 Å². The third-order valence-electron chi connectivity index (χ3n) is 6.86. The number of likely N-dealkylation sites (tertiary alicyclic amines) is 1. The minimum Gasteiger partial charge on any atom is -0.461 e. The van der Waals surface area contributed by atoms with Crippen LogP contribution in [0, 0.1) is 11.8 Å². The number of aliphatic hydroxyl groups is 1. The minimum absolute atomic E-state index is 0.0236. The summed E-state index contributed by atoms with van der Waals surface area (Å²) in [5.41, 5.74) is -0.249. The van der Waals surface area contributed by atoms with Gasteiger partial charge in [0.05, 0.1) is 24.5 Å². The largest absolute Gasteiger partial charge is 0.461 e. The number of ether oxygens (including phenoxy) is 2. The van der Waals surface area contributed by atoms with Crippen molar-refractivity contribution in [1.82, 2.24) is 9.80 Å². The maximum Gasteiger partial charge on any atom is 0.312 e. The zero-order valence-electron chi connectivity index (χ0n) is 18.8. The van der Waals surface area contributed by atoms with Crippen molar-refractivity contribution in [1.29, 1.82) is 0 Å². The number of hydrogen-bond acceptors (Lipinski definition) is 6. The summed E-state index contributed by atoms with van der Waals surface area (Å²) < 4.78 is 11.7. The second-order valence-electron chi connectivity index (χ2n) is 8.83. The lowest BCUT2D eigenvalue weighted by Gasteiger charge is -2.37. The van der Waals surface area contributed by atoms with Gasteiger partial charge in [0.25, 0.3) is 0 Å². The van der Waals surface area contributed by atoms with E-state index in [4.69, 9.17) is 9.47 Å². The predicted molar refractivity (Wildman–Crippen MR) is 128 cm³/mol. The van der Waals surface area contributed by atoms with Gasteiger partial charge in [0.1, 0.15) is 18.2 Å². The molecule has 3 aliphatic heterocycles. The molecule has 34 heavy (non-hydrogen) atoms. The maximum atomic E-state index is 14.0. The lowest BCUT2D eigenvalue weighted by molar-refractivity contribution is -0.154. The number of esters is 1. The quantitative estimate of drug-likeness (QED) is 0.279. The highest BCUT2D eigenvalue weighted by Gasteiger charge is 2.77. The average Bonchev–Trinajstić information content (AvgIpc) is 3.41. The van der Waals surface area contributed by atoms with E-state index in [2.05, 4.69) is 29.1 Å². The number of nitrogens with zero attached hydrogens (tertiary/aromatic N) is 2. The molecule has 3 aliphatic rings. The zero-order chi connectivity index (χ0) is 24.5. The number of hydrogen-bond donors (Lipinski definition) is 1. The lowest BCUT2D eigenvalue weighted by Crippen LogP contribution is -2.56. The number of carbonyl (C=O) groups is 3. The van der Waals surface area contributed by atoms with Crippen molar-refractivity contribution in [3.63, 3.8) is 0 Å². The first-order valence-electron chi connectivity index (χ1n) is 11.3.